The molecule has 4 aromatic carbocycles. The van der Waals surface area contributed by atoms with E-state index in [1.807, 2.05) is 6.08 Å². The molecular weight excluding hydrogens is 693 g/mol. The van der Waals surface area contributed by atoms with Crippen LogP contribution in [0.2, 0.25) is 5.02 Å². The summed E-state index contributed by atoms with van der Waals surface area (Å²) in [5.74, 6) is -9.73. The van der Waals surface area contributed by atoms with E-state index in [0.717, 1.165) is 22.0 Å². The lowest BCUT2D eigenvalue weighted by atomic mass is 9.49. The first-order chi connectivity index (χ1) is 24.9. The molecule has 3 fully saturated rings. The second-order valence-electron chi connectivity index (χ2n) is 13.5. The van der Waals surface area contributed by atoms with Gasteiger partial charge in [-0.25, -0.2) is 14.1 Å². The molecule has 0 bridgehead atoms. The maximum atomic E-state index is 15.1. The molecule has 13 heteroatoms. The number of carbonyl (C=O) groups is 5. The number of nitrogens with one attached hydrogen (secondary N) is 1. The predicted molar refractivity (Wildman–Crippen MR) is 185 cm³/mol. The summed E-state index contributed by atoms with van der Waals surface area (Å²) in [4.78, 5) is 70.6. The molecule has 0 spiro atoms. The molecule has 6 unspecified atom stereocenters. The molecule has 11 nitrogen and oxygen atoms in total. The van der Waals surface area contributed by atoms with Crippen molar-refractivity contribution < 1.29 is 43.7 Å². The number of carbonyl (C=O) groups excluding carboxylic acids is 4. The van der Waals surface area contributed by atoms with E-state index in [2.05, 4.69) is 5.43 Å². The summed E-state index contributed by atoms with van der Waals surface area (Å²) in [6, 6.07) is 21.6. The van der Waals surface area contributed by atoms with Crippen LogP contribution >= 0.6 is 11.6 Å². The number of allylic oxidation sites excluding steroid dienone is 2. The number of phenols is 2. The highest BCUT2D eigenvalue weighted by molar-refractivity contribution is 6.30. The van der Waals surface area contributed by atoms with Gasteiger partial charge in [0, 0.05) is 22.6 Å². The van der Waals surface area contributed by atoms with Crippen LogP contribution in [0.5, 0.6) is 11.5 Å². The second kappa shape index (κ2) is 12.1. The number of hydrogen-bond donors (Lipinski definition) is 4. The number of phenolic OH excluding ortho intramolecular Hbond substituents is 1. The van der Waals surface area contributed by atoms with Crippen LogP contribution in [0.25, 0.3) is 0 Å². The summed E-state index contributed by atoms with van der Waals surface area (Å²) in [6.07, 6.45) is 1.90. The Balaban J connectivity index is 1.30. The fourth-order valence-electron chi connectivity index (χ4n) is 8.83. The van der Waals surface area contributed by atoms with Crippen molar-refractivity contribution in [3.8, 4) is 11.5 Å². The van der Waals surface area contributed by atoms with E-state index in [-0.39, 0.29) is 30.0 Å². The molecule has 2 heterocycles. The van der Waals surface area contributed by atoms with E-state index >= 15 is 4.79 Å². The number of benzene rings is 4. The standard InChI is InChI=1S/C39H29ClFN3O8/c40-20-7-5-19(6-8-20)39-29(35(48)44(38(39)52)42-22-11-9-21(41)10-12-22)18-28-24(33(39)25-3-1-2-4-30(25)45)15-16-27-32(28)36(49)43(34(27)47)23-13-14-26(37(50)51)31(46)17-23/h1-15,17,27-29,32-33,42,45-46H,16,18H2,(H,50,51). The summed E-state index contributed by atoms with van der Waals surface area (Å²) < 4.78 is 13.8. The van der Waals surface area contributed by atoms with E-state index in [9.17, 15) is 38.9 Å². The summed E-state index contributed by atoms with van der Waals surface area (Å²) in [7, 11) is 0. The molecule has 8 rings (SSSR count). The van der Waals surface area contributed by atoms with Crippen molar-refractivity contribution in [1.29, 1.82) is 0 Å². The van der Waals surface area contributed by atoms with Gasteiger partial charge < -0.3 is 15.3 Å². The Bertz CT molecular complexity index is 2240. The number of aromatic carboxylic acids is 1. The molecule has 4 N–H and O–H groups in total. The number of amides is 4. The molecule has 4 aliphatic rings. The number of halogens is 2. The van der Waals surface area contributed by atoms with E-state index in [0.29, 0.717) is 21.7 Å². The molecule has 0 aromatic heterocycles. The molecule has 2 saturated heterocycles. The molecular formula is C39H29ClFN3O8. The van der Waals surface area contributed by atoms with E-state index in [1.165, 1.54) is 36.4 Å². The number of hydrazine groups is 1. The first-order valence-corrected chi connectivity index (χ1v) is 16.9. The van der Waals surface area contributed by atoms with Gasteiger partial charge in [0.1, 0.15) is 22.9 Å². The summed E-state index contributed by atoms with van der Waals surface area (Å²) in [6.45, 7) is 0. The number of carboxylic acid groups (broad SMARTS) is 1. The predicted octanol–water partition coefficient (Wildman–Crippen LogP) is 5.78. The average molecular weight is 722 g/mol. The zero-order valence-electron chi connectivity index (χ0n) is 27.1. The smallest absolute Gasteiger partial charge is 0.339 e. The Morgan fingerprint density at radius 3 is 2.23 bits per heavy atom. The van der Waals surface area contributed by atoms with E-state index in [4.69, 9.17) is 11.6 Å². The highest BCUT2D eigenvalue weighted by atomic mass is 35.5. The van der Waals surface area contributed by atoms with Gasteiger partial charge in [0.15, 0.2) is 0 Å². The van der Waals surface area contributed by atoms with Crippen LogP contribution in [0, 0.1) is 29.5 Å². The third-order valence-electron chi connectivity index (χ3n) is 11.0. The number of nitrogens with zero attached hydrogens (tertiary/aromatic N) is 2. The van der Waals surface area contributed by atoms with E-state index in [1.54, 1.807) is 42.5 Å². The zero-order chi connectivity index (χ0) is 36.6. The number of para-hydroxylation sites is 1. The van der Waals surface area contributed by atoms with Crippen LogP contribution in [0.1, 0.15) is 40.2 Å². The fourth-order valence-corrected chi connectivity index (χ4v) is 8.95. The van der Waals surface area contributed by atoms with Crippen molar-refractivity contribution in [3.63, 3.8) is 0 Å². The van der Waals surface area contributed by atoms with Crippen LogP contribution in [0.4, 0.5) is 15.8 Å². The Morgan fingerprint density at radius 2 is 1.56 bits per heavy atom. The number of rotatable bonds is 6. The summed E-state index contributed by atoms with van der Waals surface area (Å²) in [5.41, 5.74) is 2.47. The highest BCUT2D eigenvalue weighted by Crippen LogP contribution is 2.65. The Kier molecular flexibility index (Phi) is 7.68. The lowest BCUT2D eigenvalue weighted by Gasteiger charge is -2.50. The quantitative estimate of drug-likeness (QED) is 0.143. The number of hydrogen-bond acceptors (Lipinski definition) is 8. The third-order valence-corrected chi connectivity index (χ3v) is 11.2. The fraction of sp³-hybridized carbons (Fsp3) is 0.205. The Morgan fingerprint density at radius 1 is 0.846 bits per heavy atom. The molecule has 2 aliphatic carbocycles. The number of anilines is 2. The molecule has 52 heavy (non-hydrogen) atoms. The SMILES string of the molecule is O=C(O)c1ccc(N2C(=O)C3CC=C4C(CC5C(=O)N(Nc6ccc(F)cc6)C(=O)C5(c5ccc(Cl)cc5)C4c4ccccc4O)C3C2=O)cc1O. The molecule has 262 valence electrons. The van der Waals surface area contributed by atoms with Gasteiger partial charge in [0.2, 0.25) is 11.8 Å². The molecule has 4 aromatic rings. The molecule has 1 saturated carbocycles. The minimum absolute atomic E-state index is 0.00109. The Labute approximate surface area is 300 Å². The van der Waals surface area contributed by atoms with Gasteiger partial charge in [-0.1, -0.05) is 53.6 Å². The molecule has 4 amide bonds. The minimum atomic E-state index is -1.66. The van der Waals surface area contributed by atoms with Gasteiger partial charge >= 0.3 is 5.97 Å². The van der Waals surface area contributed by atoms with Crippen LogP contribution in [0.3, 0.4) is 0 Å². The zero-order valence-corrected chi connectivity index (χ0v) is 27.8. The maximum absolute atomic E-state index is 15.1. The first-order valence-electron chi connectivity index (χ1n) is 16.5. The number of fused-ring (bicyclic) bond motifs is 4. The second-order valence-corrected chi connectivity index (χ2v) is 13.9. The molecule has 0 radical (unpaired) electrons. The lowest BCUT2D eigenvalue weighted by Crippen LogP contribution is -2.53. The van der Waals surface area contributed by atoms with Crippen molar-refractivity contribution >= 4 is 52.6 Å². The van der Waals surface area contributed by atoms with Crippen LogP contribution in [-0.2, 0) is 24.6 Å². The lowest BCUT2D eigenvalue weighted by molar-refractivity contribution is -0.138. The van der Waals surface area contributed by atoms with Crippen molar-refractivity contribution in [1.82, 2.24) is 5.01 Å². The normalized spacial score (nSPS) is 26.5. The largest absolute Gasteiger partial charge is 0.508 e. The van der Waals surface area contributed by atoms with Crippen LogP contribution < -0.4 is 10.3 Å². The van der Waals surface area contributed by atoms with Crippen molar-refractivity contribution in [2.45, 2.75) is 24.2 Å². The molecule has 6 atom stereocenters. The Hall–Kier alpha value is -6.01. The minimum Gasteiger partial charge on any atom is -0.508 e. The van der Waals surface area contributed by atoms with Gasteiger partial charge in [-0.15, -0.1) is 0 Å². The summed E-state index contributed by atoms with van der Waals surface area (Å²) in [5, 5.41) is 32.5. The summed E-state index contributed by atoms with van der Waals surface area (Å²) >= 11 is 6.31. The van der Waals surface area contributed by atoms with Gasteiger partial charge in [-0.2, -0.15) is 5.01 Å². The monoisotopic (exact) mass is 721 g/mol. The van der Waals surface area contributed by atoms with Crippen LogP contribution in [-0.4, -0.2) is 49.9 Å². The van der Waals surface area contributed by atoms with Gasteiger partial charge in [-0.3, -0.25) is 24.6 Å². The topological polar surface area (TPSA) is 165 Å². The molecule has 2 aliphatic heterocycles. The third kappa shape index (κ3) is 4.74. The van der Waals surface area contributed by atoms with E-state index < -0.39 is 81.7 Å². The van der Waals surface area contributed by atoms with Crippen LogP contribution in [0.15, 0.2) is 103 Å². The average Bonchev–Trinajstić information content (AvgIpc) is 3.50. The van der Waals surface area contributed by atoms with Crippen molar-refractivity contribution in [2.75, 3.05) is 10.3 Å². The van der Waals surface area contributed by atoms with Gasteiger partial charge in [0.05, 0.1) is 34.5 Å². The maximum Gasteiger partial charge on any atom is 0.339 e. The van der Waals surface area contributed by atoms with Gasteiger partial charge in [0.25, 0.3) is 11.8 Å². The van der Waals surface area contributed by atoms with Gasteiger partial charge in [-0.05, 0) is 78.9 Å². The number of imide groups is 2. The van der Waals surface area contributed by atoms with Crippen molar-refractivity contribution in [3.05, 3.63) is 130 Å². The first kappa shape index (κ1) is 33.2. The number of aromatic hydroxyl groups is 2. The van der Waals surface area contributed by atoms with Crippen molar-refractivity contribution in [2.24, 2.45) is 23.7 Å². The highest BCUT2D eigenvalue weighted by Gasteiger charge is 2.70. The number of carboxylic acids is 1.